The van der Waals surface area contributed by atoms with Gasteiger partial charge >= 0.3 is 5.97 Å². The molecule has 0 spiro atoms. The molecule has 20 heavy (non-hydrogen) atoms. The molecule has 4 nitrogen and oxygen atoms in total. The molecule has 106 valence electrons. The van der Waals surface area contributed by atoms with Gasteiger partial charge in [0.05, 0.1) is 12.1 Å². The average Bonchev–Trinajstić information content (AvgIpc) is 2.67. The Morgan fingerprint density at radius 2 is 1.80 bits per heavy atom. The topological polar surface area (TPSA) is 63.3 Å². The normalized spacial score (nSPS) is 10.8. The molecule has 0 atom stereocenters. The molecule has 0 fully saturated rings. The van der Waals surface area contributed by atoms with Crippen molar-refractivity contribution in [3.05, 3.63) is 40.4 Å². The fraction of sp³-hybridized carbons (Fsp3) is 0.375. The van der Waals surface area contributed by atoms with Crippen LogP contribution in [-0.4, -0.2) is 16.1 Å². The zero-order chi connectivity index (χ0) is 14.9. The number of aryl methyl sites for hydroxylation is 5. The van der Waals surface area contributed by atoms with E-state index in [9.17, 15) is 4.79 Å². The largest absolute Gasteiger partial charge is 0.481 e. The van der Waals surface area contributed by atoms with Gasteiger partial charge in [-0.3, -0.25) is 4.79 Å². The van der Waals surface area contributed by atoms with Crippen LogP contribution in [-0.2, 0) is 11.2 Å². The molecule has 1 aromatic carbocycles. The minimum Gasteiger partial charge on any atom is -0.481 e. The van der Waals surface area contributed by atoms with Crippen LogP contribution >= 0.6 is 0 Å². The van der Waals surface area contributed by atoms with E-state index in [-0.39, 0.29) is 6.42 Å². The Kier molecular flexibility index (Phi) is 3.93. The van der Waals surface area contributed by atoms with Gasteiger partial charge in [-0.25, -0.2) is 4.98 Å². The van der Waals surface area contributed by atoms with Crippen LogP contribution < -0.4 is 0 Å². The van der Waals surface area contributed by atoms with Crippen molar-refractivity contribution in [3.8, 4) is 11.3 Å². The maximum atomic E-state index is 10.6. The highest BCUT2D eigenvalue weighted by Gasteiger charge is 2.16. The third-order valence-corrected chi connectivity index (χ3v) is 3.30. The van der Waals surface area contributed by atoms with Crippen LogP contribution in [0.3, 0.4) is 0 Å². The van der Waals surface area contributed by atoms with Crippen LogP contribution in [0.4, 0.5) is 0 Å². The number of aliphatic carboxylic acids is 1. The Hall–Kier alpha value is -2.10. The van der Waals surface area contributed by atoms with Crippen molar-refractivity contribution >= 4 is 5.97 Å². The third kappa shape index (κ3) is 2.90. The number of carboxylic acid groups (broad SMARTS) is 1. The first-order valence-electron chi connectivity index (χ1n) is 6.65. The highest BCUT2D eigenvalue weighted by Crippen LogP contribution is 2.31. The summed E-state index contributed by atoms with van der Waals surface area (Å²) in [7, 11) is 0. The molecule has 0 radical (unpaired) electrons. The molecule has 1 N–H and O–H groups in total. The van der Waals surface area contributed by atoms with Crippen LogP contribution in [0.15, 0.2) is 16.5 Å². The third-order valence-electron chi connectivity index (χ3n) is 3.30. The van der Waals surface area contributed by atoms with Crippen molar-refractivity contribution in [1.29, 1.82) is 0 Å². The Morgan fingerprint density at radius 1 is 1.20 bits per heavy atom. The van der Waals surface area contributed by atoms with Gasteiger partial charge < -0.3 is 9.52 Å². The number of nitrogens with zero attached hydrogens (tertiary/aromatic N) is 1. The van der Waals surface area contributed by atoms with Crippen molar-refractivity contribution < 1.29 is 14.3 Å². The fourth-order valence-corrected chi connectivity index (χ4v) is 2.54. The molecule has 0 aliphatic heterocycles. The van der Waals surface area contributed by atoms with Crippen molar-refractivity contribution in [2.75, 3.05) is 0 Å². The summed E-state index contributed by atoms with van der Waals surface area (Å²) >= 11 is 0. The molecule has 0 saturated heterocycles. The van der Waals surface area contributed by atoms with Gasteiger partial charge in [-0.05, 0) is 38.8 Å². The number of rotatable bonds is 4. The summed E-state index contributed by atoms with van der Waals surface area (Å²) in [4.78, 5) is 14.9. The molecule has 1 aromatic heterocycles. The first-order chi connectivity index (χ1) is 9.38. The Labute approximate surface area is 118 Å². The van der Waals surface area contributed by atoms with Crippen LogP contribution in [0.25, 0.3) is 11.3 Å². The van der Waals surface area contributed by atoms with Gasteiger partial charge in [-0.1, -0.05) is 17.7 Å². The zero-order valence-electron chi connectivity index (χ0n) is 12.3. The molecule has 2 aromatic rings. The van der Waals surface area contributed by atoms with E-state index in [1.165, 1.54) is 5.56 Å². The standard InChI is InChI=1S/C16H19NO3/c1-9-7-10(2)15(11(3)8-9)16-12(4)17-13(20-16)5-6-14(18)19/h7-8H,5-6H2,1-4H3,(H,18,19). The molecule has 0 aliphatic carbocycles. The summed E-state index contributed by atoms with van der Waals surface area (Å²) in [5.41, 5.74) is 5.37. The van der Waals surface area contributed by atoms with Crippen LogP contribution in [0.2, 0.25) is 0 Å². The fourth-order valence-electron chi connectivity index (χ4n) is 2.54. The average molecular weight is 273 g/mol. The highest BCUT2D eigenvalue weighted by molar-refractivity contribution is 5.69. The monoisotopic (exact) mass is 273 g/mol. The number of carbonyl (C=O) groups is 1. The highest BCUT2D eigenvalue weighted by atomic mass is 16.4. The summed E-state index contributed by atoms with van der Waals surface area (Å²) in [5.74, 6) is 0.393. The lowest BCUT2D eigenvalue weighted by Crippen LogP contribution is -1.97. The lowest BCUT2D eigenvalue weighted by molar-refractivity contribution is -0.137. The van der Waals surface area contributed by atoms with Crippen molar-refractivity contribution in [2.45, 2.75) is 40.5 Å². The van der Waals surface area contributed by atoms with E-state index in [1.807, 2.05) is 20.8 Å². The molecule has 0 aliphatic rings. The minimum absolute atomic E-state index is 0.0330. The Balaban J connectivity index is 2.41. The van der Waals surface area contributed by atoms with Gasteiger partial charge in [0.2, 0.25) is 0 Å². The molecular formula is C16H19NO3. The molecular weight excluding hydrogens is 254 g/mol. The first-order valence-corrected chi connectivity index (χ1v) is 6.65. The molecule has 4 heteroatoms. The smallest absolute Gasteiger partial charge is 0.303 e. The minimum atomic E-state index is -0.842. The van der Waals surface area contributed by atoms with E-state index in [0.717, 1.165) is 28.1 Å². The van der Waals surface area contributed by atoms with E-state index in [1.54, 1.807) is 0 Å². The van der Waals surface area contributed by atoms with E-state index in [4.69, 9.17) is 9.52 Å². The van der Waals surface area contributed by atoms with Gasteiger partial charge in [0.25, 0.3) is 0 Å². The molecule has 0 amide bonds. The van der Waals surface area contributed by atoms with E-state index < -0.39 is 5.97 Å². The maximum Gasteiger partial charge on any atom is 0.303 e. The zero-order valence-corrected chi connectivity index (χ0v) is 12.3. The number of hydrogen-bond acceptors (Lipinski definition) is 3. The number of hydrogen-bond donors (Lipinski definition) is 1. The second kappa shape index (κ2) is 5.49. The predicted molar refractivity (Wildman–Crippen MR) is 76.8 cm³/mol. The number of carboxylic acids is 1. The number of benzene rings is 1. The molecule has 0 bridgehead atoms. The van der Waals surface area contributed by atoms with Crippen molar-refractivity contribution in [1.82, 2.24) is 4.98 Å². The van der Waals surface area contributed by atoms with Gasteiger partial charge in [-0.2, -0.15) is 0 Å². The lowest BCUT2D eigenvalue weighted by Gasteiger charge is -2.09. The summed E-state index contributed by atoms with van der Waals surface area (Å²) < 4.78 is 5.78. The van der Waals surface area contributed by atoms with Crippen molar-refractivity contribution in [3.63, 3.8) is 0 Å². The summed E-state index contributed by atoms with van der Waals surface area (Å²) in [6, 6.07) is 4.22. The molecule has 0 unspecified atom stereocenters. The second-order valence-corrected chi connectivity index (χ2v) is 5.19. The summed E-state index contributed by atoms with van der Waals surface area (Å²) in [6.45, 7) is 8.06. The SMILES string of the molecule is Cc1cc(C)c(-c2oc(CCC(=O)O)nc2C)c(C)c1. The first kappa shape index (κ1) is 14.3. The van der Waals surface area contributed by atoms with Gasteiger partial charge in [-0.15, -0.1) is 0 Å². The van der Waals surface area contributed by atoms with Crippen LogP contribution in [0, 0.1) is 27.7 Å². The quantitative estimate of drug-likeness (QED) is 0.924. The Bertz CT molecular complexity index is 633. The van der Waals surface area contributed by atoms with Gasteiger partial charge in [0, 0.05) is 12.0 Å². The van der Waals surface area contributed by atoms with E-state index in [0.29, 0.717) is 12.3 Å². The number of oxazole rings is 1. The van der Waals surface area contributed by atoms with Crippen LogP contribution in [0.5, 0.6) is 0 Å². The lowest BCUT2D eigenvalue weighted by atomic mass is 9.97. The molecule has 1 heterocycles. The summed E-state index contributed by atoms with van der Waals surface area (Å²) in [5, 5.41) is 8.72. The van der Waals surface area contributed by atoms with E-state index >= 15 is 0 Å². The molecule has 0 saturated carbocycles. The van der Waals surface area contributed by atoms with Gasteiger partial charge in [0.1, 0.15) is 0 Å². The van der Waals surface area contributed by atoms with Gasteiger partial charge in [0.15, 0.2) is 11.7 Å². The Morgan fingerprint density at radius 3 is 2.35 bits per heavy atom. The van der Waals surface area contributed by atoms with Crippen molar-refractivity contribution in [2.24, 2.45) is 0 Å². The molecule has 2 rings (SSSR count). The predicted octanol–water partition coefficient (Wildman–Crippen LogP) is 3.59. The van der Waals surface area contributed by atoms with E-state index in [2.05, 4.69) is 24.0 Å². The summed E-state index contributed by atoms with van der Waals surface area (Å²) in [6.07, 6.45) is 0.353. The second-order valence-electron chi connectivity index (χ2n) is 5.19. The maximum absolute atomic E-state index is 10.6. The van der Waals surface area contributed by atoms with Crippen LogP contribution in [0.1, 0.15) is 34.7 Å². The number of aromatic nitrogens is 1.